The van der Waals surface area contributed by atoms with E-state index in [1.165, 1.54) is 25.7 Å². The number of hydrogen-bond acceptors (Lipinski definition) is 2. The number of furan rings is 1. The summed E-state index contributed by atoms with van der Waals surface area (Å²) in [7, 11) is 0. The molecular formula is C17H22O2. The highest BCUT2D eigenvalue weighted by molar-refractivity contribution is 6.04. The zero-order chi connectivity index (χ0) is 13.3. The number of carbonyl (C=O) groups is 1. The van der Waals surface area contributed by atoms with Crippen LogP contribution in [0.25, 0.3) is 6.08 Å². The highest BCUT2D eigenvalue weighted by Crippen LogP contribution is 2.52. The van der Waals surface area contributed by atoms with Gasteiger partial charge in [0, 0.05) is 5.41 Å². The van der Waals surface area contributed by atoms with Crippen LogP contribution in [0.3, 0.4) is 0 Å². The molecule has 0 amide bonds. The van der Waals surface area contributed by atoms with Gasteiger partial charge in [-0.1, -0.05) is 19.8 Å². The summed E-state index contributed by atoms with van der Waals surface area (Å²) < 4.78 is 5.36. The summed E-state index contributed by atoms with van der Waals surface area (Å²) in [5, 5.41) is 0. The van der Waals surface area contributed by atoms with Gasteiger partial charge >= 0.3 is 0 Å². The van der Waals surface area contributed by atoms with Crippen LogP contribution in [0.4, 0.5) is 0 Å². The highest BCUT2D eigenvalue weighted by atomic mass is 16.3. The Balaban J connectivity index is 1.92. The van der Waals surface area contributed by atoms with Crippen molar-refractivity contribution in [3.05, 3.63) is 29.7 Å². The van der Waals surface area contributed by atoms with Crippen molar-refractivity contribution in [3.63, 3.8) is 0 Å². The lowest BCUT2D eigenvalue weighted by Crippen LogP contribution is -2.44. The molecule has 2 heteroatoms. The van der Waals surface area contributed by atoms with Crippen molar-refractivity contribution in [3.8, 4) is 0 Å². The molecule has 0 spiro atoms. The Bertz CT molecular complexity index is 483. The van der Waals surface area contributed by atoms with Crippen LogP contribution in [-0.4, -0.2) is 5.78 Å². The summed E-state index contributed by atoms with van der Waals surface area (Å²) in [6.45, 7) is 2.19. The van der Waals surface area contributed by atoms with Gasteiger partial charge < -0.3 is 4.42 Å². The summed E-state index contributed by atoms with van der Waals surface area (Å²) >= 11 is 0. The fourth-order valence-corrected chi connectivity index (χ4v) is 4.10. The Hall–Kier alpha value is -1.31. The summed E-state index contributed by atoms with van der Waals surface area (Å²) in [6.07, 6.45) is 11.6. The number of Topliss-reactive ketones (excluding diaryl/α,β-unsaturated/α-hetero) is 1. The van der Waals surface area contributed by atoms with Crippen molar-refractivity contribution in [1.29, 1.82) is 0 Å². The van der Waals surface area contributed by atoms with Gasteiger partial charge in [-0.05, 0) is 61.8 Å². The third kappa shape index (κ3) is 2.07. The van der Waals surface area contributed by atoms with Crippen molar-refractivity contribution in [2.45, 2.75) is 51.9 Å². The van der Waals surface area contributed by atoms with Gasteiger partial charge in [0.25, 0.3) is 0 Å². The average molecular weight is 258 g/mol. The molecule has 0 bridgehead atoms. The first kappa shape index (κ1) is 12.7. The van der Waals surface area contributed by atoms with Crippen LogP contribution in [0.1, 0.15) is 57.6 Å². The first-order valence-corrected chi connectivity index (χ1v) is 7.55. The van der Waals surface area contributed by atoms with Gasteiger partial charge in [0.05, 0.1) is 6.26 Å². The van der Waals surface area contributed by atoms with Crippen LogP contribution in [0.5, 0.6) is 0 Å². The van der Waals surface area contributed by atoms with E-state index in [9.17, 15) is 4.79 Å². The van der Waals surface area contributed by atoms with Gasteiger partial charge in [0.2, 0.25) is 0 Å². The number of fused-ring (bicyclic) bond motifs is 1. The van der Waals surface area contributed by atoms with E-state index in [4.69, 9.17) is 4.42 Å². The summed E-state index contributed by atoms with van der Waals surface area (Å²) in [5.74, 6) is 1.83. The monoisotopic (exact) mass is 258 g/mol. The predicted molar refractivity (Wildman–Crippen MR) is 75.6 cm³/mol. The number of allylic oxidation sites excluding steroid dienone is 1. The molecular weight excluding hydrogens is 236 g/mol. The molecule has 1 aromatic heterocycles. The zero-order valence-corrected chi connectivity index (χ0v) is 11.7. The molecule has 0 aromatic carbocycles. The van der Waals surface area contributed by atoms with E-state index >= 15 is 0 Å². The van der Waals surface area contributed by atoms with E-state index in [-0.39, 0.29) is 5.41 Å². The summed E-state index contributed by atoms with van der Waals surface area (Å²) in [6, 6.07) is 3.80. The Morgan fingerprint density at radius 2 is 2.32 bits per heavy atom. The second-order valence-electron chi connectivity index (χ2n) is 6.01. The van der Waals surface area contributed by atoms with Crippen LogP contribution in [-0.2, 0) is 4.79 Å². The number of hydrogen-bond donors (Lipinski definition) is 0. The predicted octanol–water partition coefficient (Wildman–Crippen LogP) is 4.61. The van der Waals surface area contributed by atoms with E-state index in [0.717, 1.165) is 30.6 Å². The van der Waals surface area contributed by atoms with Gasteiger partial charge in [0.15, 0.2) is 5.78 Å². The van der Waals surface area contributed by atoms with E-state index in [0.29, 0.717) is 11.7 Å². The van der Waals surface area contributed by atoms with Gasteiger partial charge in [-0.25, -0.2) is 0 Å². The minimum absolute atomic E-state index is 0.0606. The number of carbonyl (C=O) groups excluding carboxylic acids is 1. The molecule has 2 nitrogen and oxygen atoms in total. The van der Waals surface area contributed by atoms with Gasteiger partial charge in [0.1, 0.15) is 5.76 Å². The van der Waals surface area contributed by atoms with Gasteiger partial charge in [-0.15, -0.1) is 0 Å². The maximum atomic E-state index is 12.9. The second kappa shape index (κ2) is 4.99. The maximum Gasteiger partial charge on any atom is 0.165 e. The molecule has 2 aliphatic rings. The second-order valence-corrected chi connectivity index (χ2v) is 6.01. The van der Waals surface area contributed by atoms with E-state index in [1.54, 1.807) is 6.26 Å². The molecule has 3 rings (SSSR count). The van der Waals surface area contributed by atoms with Gasteiger partial charge in [-0.3, -0.25) is 4.79 Å². The zero-order valence-electron chi connectivity index (χ0n) is 11.7. The summed E-state index contributed by atoms with van der Waals surface area (Å²) in [5.41, 5.74) is 0.921. The molecule has 0 radical (unpaired) electrons. The molecule has 0 aliphatic heterocycles. The van der Waals surface area contributed by atoms with Crippen molar-refractivity contribution < 1.29 is 9.21 Å². The van der Waals surface area contributed by atoms with Crippen molar-refractivity contribution >= 4 is 11.9 Å². The number of ketones is 1. The topological polar surface area (TPSA) is 30.2 Å². The van der Waals surface area contributed by atoms with Gasteiger partial charge in [-0.2, -0.15) is 0 Å². The Labute approximate surface area is 114 Å². The number of rotatable bonds is 2. The summed E-state index contributed by atoms with van der Waals surface area (Å²) in [4.78, 5) is 12.9. The maximum absolute atomic E-state index is 12.9. The molecule has 1 heterocycles. The van der Waals surface area contributed by atoms with Crippen LogP contribution >= 0.6 is 0 Å². The molecule has 2 aliphatic carbocycles. The third-order valence-electron chi connectivity index (χ3n) is 5.20. The Morgan fingerprint density at radius 1 is 1.42 bits per heavy atom. The molecule has 2 unspecified atom stereocenters. The van der Waals surface area contributed by atoms with E-state index in [2.05, 4.69) is 6.92 Å². The molecule has 2 saturated carbocycles. The molecule has 2 fully saturated rings. The fourth-order valence-electron chi connectivity index (χ4n) is 4.10. The smallest absolute Gasteiger partial charge is 0.165 e. The molecule has 102 valence electrons. The lowest BCUT2D eigenvalue weighted by atomic mass is 9.56. The van der Waals surface area contributed by atoms with Crippen LogP contribution < -0.4 is 0 Å². The van der Waals surface area contributed by atoms with E-state index < -0.39 is 0 Å². The van der Waals surface area contributed by atoms with E-state index in [1.807, 2.05) is 18.2 Å². The van der Waals surface area contributed by atoms with Crippen LogP contribution in [0.2, 0.25) is 0 Å². The quantitative estimate of drug-likeness (QED) is 0.725. The SMILES string of the molecule is CCC12CCCCC1CC/C(=C\c1ccco1)C2=O. The van der Waals surface area contributed by atoms with Crippen LogP contribution in [0, 0.1) is 11.3 Å². The third-order valence-corrected chi connectivity index (χ3v) is 5.20. The minimum atomic E-state index is -0.0606. The van der Waals surface area contributed by atoms with Crippen LogP contribution in [0.15, 0.2) is 28.4 Å². The molecule has 19 heavy (non-hydrogen) atoms. The first-order chi connectivity index (χ1) is 9.26. The minimum Gasteiger partial charge on any atom is -0.465 e. The molecule has 2 atom stereocenters. The fraction of sp³-hybridized carbons (Fsp3) is 0.588. The lowest BCUT2D eigenvalue weighted by Gasteiger charge is -2.46. The molecule has 0 saturated heterocycles. The Morgan fingerprint density at radius 3 is 3.05 bits per heavy atom. The lowest BCUT2D eigenvalue weighted by molar-refractivity contribution is -0.133. The molecule has 1 aromatic rings. The average Bonchev–Trinajstić information content (AvgIpc) is 2.95. The Kier molecular flexibility index (Phi) is 3.34. The molecule has 0 N–H and O–H groups in total. The normalized spacial score (nSPS) is 33.4. The standard InChI is InChI=1S/C17H22O2/c1-2-17-10-4-3-6-14(17)9-8-13(16(17)18)12-15-7-5-11-19-15/h5,7,11-12,14H,2-4,6,8-10H2,1H3/b13-12+. The largest absolute Gasteiger partial charge is 0.465 e. The first-order valence-electron chi connectivity index (χ1n) is 7.55. The highest BCUT2D eigenvalue weighted by Gasteiger charge is 2.48. The van der Waals surface area contributed by atoms with Crippen molar-refractivity contribution in [2.75, 3.05) is 0 Å². The van der Waals surface area contributed by atoms with Crippen molar-refractivity contribution in [2.24, 2.45) is 11.3 Å². The van der Waals surface area contributed by atoms with Crippen molar-refractivity contribution in [1.82, 2.24) is 0 Å².